The van der Waals surface area contributed by atoms with Gasteiger partial charge < -0.3 is 9.80 Å². The van der Waals surface area contributed by atoms with Crippen LogP contribution in [0.25, 0.3) is 5.70 Å². The maximum absolute atomic E-state index is 14.8. The van der Waals surface area contributed by atoms with Crippen LogP contribution in [-0.2, 0) is 0 Å². The van der Waals surface area contributed by atoms with Gasteiger partial charge in [0.25, 0.3) is 0 Å². The highest BCUT2D eigenvalue weighted by Crippen LogP contribution is 2.49. The number of piperazine rings is 1. The largest absolute Gasteiger partial charge is 0.365 e. The van der Waals surface area contributed by atoms with Crippen LogP contribution >= 0.6 is 0 Å². The van der Waals surface area contributed by atoms with Gasteiger partial charge in [0.1, 0.15) is 5.82 Å². The van der Waals surface area contributed by atoms with E-state index in [0.29, 0.717) is 23.3 Å². The Morgan fingerprint density at radius 2 is 1.92 bits per heavy atom. The number of benzene rings is 1. The van der Waals surface area contributed by atoms with Crippen molar-refractivity contribution in [2.75, 3.05) is 32.1 Å². The Morgan fingerprint density at radius 1 is 1.21 bits per heavy atom. The molecule has 0 bridgehead atoms. The highest BCUT2D eigenvalue weighted by Gasteiger charge is 2.43. The standard InChI is InChI=1S/C19H23F2N3/c1-10-8-24-13(9-22(10)4)6-14-12(3)23(5)19-15(18(14)24)7-16(20)11(2)17(19)21/h7,10,13H,3,6,8-9H2,1-2,4-5H3. The molecule has 0 saturated carbocycles. The third kappa shape index (κ3) is 1.91. The van der Waals surface area contributed by atoms with Crippen molar-refractivity contribution in [3.8, 4) is 0 Å². The Balaban J connectivity index is 1.91. The molecule has 2 atom stereocenters. The maximum Gasteiger partial charge on any atom is 0.153 e. The number of anilines is 1. The number of halogens is 2. The molecule has 1 saturated heterocycles. The molecule has 1 aromatic carbocycles. The molecule has 3 heterocycles. The molecule has 3 aliphatic rings. The van der Waals surface area contributed by atoms with E-state index in [1.807, 2.05) is 7.05 Å². The molecule has 0 aliphatic carbocycles. The van der Waals surface area contributed by atoms with Gasteiger partial charge in [-0.3, -0.25) is 4.90 Å². The molecular formula is C19H23F2N3. The Bertz CT molecular complexity index is 783. The molecule has 0 spiro atoms. The van der Waals surface area contributed by atoms with E-state index < -0.39 is 11.6 Å². The molecular weight excluding hydrogens is 308 g/mol. The summed E-state index contributed by atoms with van der Waals surface area (Å²) in [6, 6.07) is 2.25. The van der Waals surface area contributed by atoms with Crippen molar-refractivity contribution in [3.63, 3.8) is 0 Å². The number of nitrogens with zero attached hydrogens (tertiary/aromatic N) is 3. The van der Waals surface area contributed by atoms with Crippen molar-refractivity contribution < 1.29 is 8.78 Å². The van der Waals surface area contributed by atoms with E-state index in [-0.39, 0.29) is 5.56 Å². The first-order chi connectivity index (χ1) is 11.3. The van der Waals surface area contributed by atoms with Crippen LogP contribution in [0.1, 0.15) is 24.5 Å². The fourth-order valence-corrected chi connectivity index (χ4v) is 4.26. The van der Waals surface area contributed by atoms with Crippen molar-refractivity contribution in [2.45, 2.75) is 32.4 Å². The lowest BCUT2D eigenvalue weighted by atomic mass is 9.94. The van der Waals surface area contributed by atoms with E-state index in [1.165, 1.54) is 13.0 Å². The van der Waals surface area contributed by atoms with E-state index in [0.717, 1.165) is 36.5 Å². The molecule has 128 valence electrons. The third-order valence-corrected chi connectivity index (χ3v) is 5.93. The van der Waals surface area contributed by atoms with Crippen molar-refractivity contribution in [3.05, 3.63) is 46.7 Å². The Morgan fingerprint density at radius 3 is 2.62 bits per heavy atom. The van der Waals surface area contributed by atoms with Crippen LogP contribution in [0.5, 0.6) is 0 Å². The molecule has 0 amide bonds. The number of likely N-dealkylation sites (N-methyl/N-ethyl adjacent to an activating group) is 2. The first-order valence-corrected chi connectivity index (χ1v) is 8.43. The normalized spacial score (nSPS) is 26.7. The average molecular weight is 331 g/mol. The second-order valence-electron chi connectivity index (χ2n) is 7.33. The Kier molecular flexibility index (Phi) is 3.29. The highest BCUT2D eigenvalue weighted by molar-refractivity contribution is 5.88. The average Bonchev–Trinajstić information content (AvgIpc) is 2.89. The number of allylic oxidation sites excluding steroid dienone is 1. The summed E-state index contributed by atoms with van der Waals surface area (Å²) >= 11 is 0. The Labute approximate surface area is 141 Å². The van der Waals surface area contributed by atoms with Crippen molar-refractivity contribution >= 4 is 11.4 Å². The van der Waals surface area contributed by atoms with Crippen LogP contribution in [0, 0.1) is 18.6 Å². The van der Waals surface area contributed by atoms with Gasteiger partial charge in [-0.15, -0.1) is 0 Å². The lowest BCUT2D eigenvalue weighted by Crippen LogP contribution is -2.53. The summed E-state index contributed by atoms with van der Waals surface area (Å²) in [5.74, 6) is -0.963. The molecule has 0 N–H and O–H groups in total. The summed E-state index contributed by atoms with van der Waals surface area (Å²) in [5.41, 5.74) is 4.12. The van der Waals surface area contributed by atoms with Gasteiger partial charge >= 0.3 is 0 Å². The fraction of sp³-hybridized carbons (Fsp3) is 0.474. The lowest BCUT2D eigenvalue weighted by Gasteiger charge is -2.43. The SMILES string of the molecule is C=C1C2=C(c3cc(F)c(C)c(F)c3N1C)N1CC(C)N(C)CC1C2. The van der Waals surface area contributed by atoms with Gasteiger partial charge in [-0.1, -0.05) is 6.58 Å². The van der Waals surface area contributed by atoms with E-state index in [1.54, 1.807) is 4.90 Å². The smallest absolute Gasteiger partial charge is 0.153 e. The molecule has 4 rings (SSSR count). The number of hydrogen-bond acceptors (Lipinski definition) is 3. The summed E-state index contributed by atoms with van der Waals surface area (Å²) in [6.45, 7) is 9.69. The third-order valence-electron chi connectivity index (χ3n) is 5.93. The lowest BCUT2D eigenvalue weighted by molar-refractivity contribution is 0.104. The molecule has 24 heavy (non-hydrogen) atoms. The van der Waals surface area contributed by atoms with Crippen LogP contribution in [0.4, 0.5) is 14.5 Å². The molecule has 0 radical (unpaired) electrons. The molecule has 1 aromatic rings. The van der Waals surface area contributed by atoms with Crippen LogP contribution < -0.4 is 4.90 Å². The number of hydrogen-bond donors (Lipinski definition) is 0. The predicted molar refractivity (Wildman–Crippen MR) is 92.8 cm³/mol. The monoisotopic (exact) mass is 331 g/mol. The summed E-state index contributed by atoms with van der Waals surface area (Å²) in [4.78, 5) is 6.47. The fourth-order valence-electron chi connectivity index (χ4n) is 4.26. The minimum Gasteiger partial charge on any atom is -0.365 e. The number of rotatable bonds is 0. The van der Waals surface area contributed by atoms with Crippen LogP contribution in [0.3, 0.4) is 0 Å². The van der Waals surface area contributed by atoms with Gasteiger partial charge in [-0.05, 0) is 33.4 Å². The minimum absolute atomic E-state index is 0.0683. The minimum atomic E-state index is -0.482. The van der Waals surface area contributed by atoms with E-state index in [2.05, 4.69) is 30.4 Å². The first kappa shape index (κ1) is 15.6. The zero-order valence-corrected chi connectivity index (χ0v) is 14.7. The summed E-state index contributed by atoms with van der Waals surface area (Å²) in [6.07, 6.45) is 0.881. The molecule has 3 nitrogen and oxygen atoms in total. The van der Waals surface area contributed by atoms with Gasteiger partial charge in [0.2, 0.25) is 0 Å². The van der Waals surface area contributed by atoms with Gasteiger partial charge in [0, 0.05) is 54.6 Å². The highest BCUT2D eigenvalue weighted by atomic mass is 19.1. The topological polar surface area (TPSA) is 9.72 Å². The van der Waals surface area contributed by atoms with Gasteiger partial charge in [0.05, 0.1) is 11.4 Å². The van der Waals surface area contributed by atoms with Crippen LogP contribution in [0.15, 0.2) is 23.9 Å². The van der Waals surface area contributed by atoms with Crippen LogP contribution in [-0.4, -0.2) is 49.1 Å². The zero-order valence-electron chi connectivity index (χ0n) is 14.7. The Hall–Kier alpha value is -1.88. The maximum atomic E-state index is 14.8. The quantitative estimate of drug-likeness (QED) is 0.722. The molecule has 3 aliphatic heterocycles. The number of fused-ring (bicyclic) bond motifs is 4. The van der Waals surface area contributed by atoms with Crippen molar-refractivity contribution in [1.29, 1.82) is 0 Å². The zero-order chi connectivity index (χ0) is 17.3. The van der Waals surface area contributed by atoms with Crippen LogP contribution in [0.2, 0.25) is 0 Å². The molecule has 1 fully saturated rings. The second kappa shape index (κ2) is 5.06. The van der Waals surface area contributed by atoms with Crippen molar-refractivity contribution in [2.24, 2.45) is 0 Å². The van der Waals surface area contributed by atoms with Crippen molar-refractivity contribution in [1.82, 2.24) is 9.80 Å². The van der Waals surface area contributed by atoms with E-state index in [9.17, 15) is 8.78 Å². The van der Waals surface area contributed by atoms with Gasteiger partial charge in [0.15, 0.2) is 5.82 Å². The molecule has 2 unspecified atom stereocenters. The van der Waals surface area contributed by atoms with Gasteiger partial charge in [-0.25, -0.2) is 8.78 Å². The van der Waals surface area contributed by atoms with E-state index in [4.69, 9.17) is 0 Å². The van der Waals surface area contributed by atoms with Gasteiger partial charge in [-0.2, -0.15) is 0 Å². The summed E-state index contributed by atoms with van der Waals surface area (Å²) in [5, 5.41) is 0. The predicted octanol–water partition coefficient (Wildman–Crippen LogP) is 3.36. The summed E-state index contributed by atoms with van der Waals surface area (Å²) < 4.78 is 29.1. The molecule has 0 aromatic heterocycles. The van der Waals surface area contributed by atoms with E-state index >= 15 is 0 Å². The second-order valence-corrected chi connectivity index (χ2v) is 7.33. The molecule has 5 heteroatoms. The summed E-state index contributed by atoms with van der Waals surface area (Å²) in [7, 11) is 3.95. The first-order valence-electron chi connectivity index (χ1n) is 8.43.